The highest BCUT2D eigenvalue weighted by Crippen LogP contribution is 2.21. The predicted molar refractivity (Wildman–Crippen MR) is 83.0 cm³/mol. The van der Waals surface area contributed by atoms with Crippen molar-refractivity contribution in [1.29, 1.82) is 0 Å². The molecule has 0 aliphatic rings. The lowest BCUT2D eigenvalue weighted by molar-refractivity contribution is 0.750. The number of rotatable bonds is 6. The number of nitrogens with two attached hydrogens (primary N) is 1. The molecule has 2 aromatic rings. The molecule has 0 aromatic carbocycles. The van der Waals surface area contributed by atoms with Gasteiger partial charge in [0.2, 0.25) is 0 Å². The van der Waals surface area contributed by atoms with E-state index < -0.39 is 0 Å². The van der Waals surface area contributed by atoms with E-state index in [1.807, 2.05) is 31.1 Å². The molecule has 0 saturated carbocycles. The molecule has 0 unspecified atom stereocenters. The highest BCUT2D eigenvalue weighted by Gasteiger charge is 2.08. The quantitative estimate of drug-likeness (QED) is 0.626. The Bertz CT molecular complexity index is 566. The molecule has 0 fully saturated rings. The van der Waals surface area contributed by atoms with Gasteiger partial charge in [-0.15, -0.1) is 0 Å². The number of hydrazine groups is 1. The van der Waals surface area contributed by atoms with Crippen molar-refractivity contribution in [2.75, 3.05) is 11.2 Å². The summed E-state index contributed by atoms with van der Waals surface area (Å²) < 4.78 is 1.75. The minimum Gasteiger partial charge on any atom is -0.308 e. The van der Waals surface area contributed by atoms with Crippen LogP contribution in [-0.4, -0.2) is 25.5 Å². The number of nitrogens with zero attached hydrogens (tertiary/aromatic N) is 4. The number of hydrogen-bond acceptors (Lipinski definition) is 6. The van der Waals surface area contributed by atoms with Crippen LogP contribution in [0.25, 0.3) is 11.3 Å². The van der Waals surface area contributed by atoms with Crippen molar-refractivity contribution in [3.05, 3.63) is 24.3 Å². The molecule has 0 atom stereocenters. The van der Waals surface area contributed by atoms with Gasteiger partial charge in [0.1, 0.15) is 11.6 Å². The molecule has 0 aliphatic heterocycles. The third kappa shape index (κ3) is 3.94. The molecule has 0 bridgehead atoms. The van der Waals surface area contributed by atoms with Crippen LogP contribution < -0.4 is 11.3 Å². The van der Waals surface area contributed by atoms with Gasteiger partial charge < -0.3 is 5.43 Å². The Morgan fingerprint density at radius 2 is 2.20 bits per heavy atom. The minimum atomic E-state index is 0.624. The van der Waals surface area contributed by atoms with Crippen LogP contribution in [0.2, 0.25) is 0 Å². The number of nitrogens with one attached hydrogen (secondary N) is 1. The lowest BCUT2D eigenvalue weighted by atomic mass is 10.2. The van der Waals surface area contributed by atoms with Crippen molar-refractivity contribution < 1.29 is 0 Å². The summed E-state index contributed by atoms with van der Waals surface area (Å²) in [6.45, 7) is 4.40. The van der Waals surface area contributed by atoms with E-state index in [0.717, 1.165) is 28.6 Å². The highest BCUT2D eigenvalue weighted by atomic mass is 32.2. The fraction of sp³-hybridized carbons (Fsp3) is 0.462. The second kappa shape index (κ2) is 6.71. The largest absolute Gasteiger partial charge is 0.308 e. The summed E-state index contributed by atoms with van der Waals surface area (Å²) in [6, 6.07) is 1.83. The van der Waals surface area contributed by atoms with Crippen LogP contribution in [0.3, 0.4) is 0 Å². The van der Waals surface area contributed by atoms with Gasteiger partial charge in [-0.2, -0.15) is 16.9 Å². The van der Waals surface area contributed by atoms with Gasteiger partial charge in [0.05, 0.1) is 17.6 Å². The normalized spacial score (nSPS) is 11.1. The van der Waals surface area contributed by atoms with Crippen molar-refractivity contribution >= 4 is 17.6 Å². The first-order valence-electron chi connectivity index (χ1n) is 6.50. The summed E-state index contributed by atoms with van der Waals surface area (Å²) in [5.74, 6) is 9.41. The maximum absolute atomic E-state index is 5.48. The molecule has 20 heavy (non-hydrogen) atoms. The number of anilines is 1. The number of nitrogen functional groups attached to an aromatic ring is 1. The Morgan fingerprint density at radius 3 is 2.80 bits per heavy atom. The summed E-state index contributed by atoms with van der Waals surface area (Å²) in [7, 11) is 1.88. The van der Waals surface area contributed by atoms with Crippen LogP contribution in [0, 0.1) is 5.92 Å². The SMILES string of the molecule is CC(C)CSCc1nc(NN)cc(-c2cnn(C)c2)n1. The molecule has 2 heterocycles. The second-order valence-electron chi connectivity index (χ2n) is 5.01. The Morgan fingerprint density at radius 1 is 1.40 bits per heavy atom. The zero-order chi connectivity index (χ0) is 14.5. The summed E-state index contributed by atoms with van der Waals surface area (Å²) in [5.41, 5.74) is 4.39. The Kier molecular flexibility index (Phi) is 4.97. The van der Waals surface area contributed by atoms with Gasteiger partial charge in [-0.05, 0) is 11.7 Å². The lowest BCUT2D eigenvalue weighted by Crippen LogP contribution is -2.10. The first-order chi connectivity index (χ1) is 9.58. The van der Waals surface area contributed by atoms with E-state index in [0.29, 0.717) is 11.7 Å². The summed E-state index contributed by atoms with van der Waals surface area (Å²) in [4.78, 5) is 8.97. The smallest absolute Gasteiger partial charge is 0.144 e. The van der Waals surface area contributed by atoms with Gasteiger partial charge >= 0.3 is 0 Å². The van der Waals surface area contributed by atoms with Crippen molar-refractivity contribution in [3.8, 4) is 11.3 Å². The second-order valence-corrected chi connectivity index (χ2v) is 6.04. The van der Waals surface area contributed by atoms with Crippen LogP contribution in [0.5, 0.6) is 0 Å². The third-order valence-corrected chi connectivity index (χ3v) is 3.97. The molecule has 7 heteroatoms. The van der Waals surface area contributed by atoms with Gasteiger partial charge in [-0.25, -0.2) is 15.8 Å². The Labute approximate surface area is 123 Å². The number of aromatic nitrogens is 4. The van der Waals surface area contributed by atoms with Gasteiger partial charge in [0, 0.05) is 24.9 Å². The average molecular weight is 292 g/mol. The summed E-state index contributed by atoms with van der Waals surface area (Å²) in [5, 5.41) is 4.16. The molecule has 108 valence electrons. The van der Waals surface area contributed by atoms with Crippen LogP contribution in [-0.2, 0) is 12.8 Å². The molecule has 0 radical (unpaired) electrons. The molecule has 2 aromatic heterocycles. The first kappa shape index (κ1) is 14.8. The molecule has 6 nitrogen and oxygen atoms in total. The van der Waals surface area contributed by atoms with E-state index in [1.54, 1.807) is 10.9 Å². The van der Waals surface area contributed by atoms with Crippen LogP contribution in [0.15, 0.2) is 18.5 Å². The molecule has 0 amide bonds. The van der Waals surface area contributed by atoms with E-state index in [9.17, 15) is 0 Å². The standard InChI is InChI=1S/C13H20N6S/c1-9(2)7-20-8-13-16-11(4-12(17-13)18-14)10-5-15-19(3)6-10/h4-6,9H,7-8,14H2,1-3H3,(H,16,17,18). The summed E-state index contributed by atoms with van der Waals surface area (Å²) in [6.07, 6.45) is 3.71. The zero-order valence-corrected chi connectivity index (χ0v) is 12.8. The lowest BCUT2D eigenvalue weighted by Gasteiger charge is -2.07. The Hall–Kier alpha value is -1.60. The molecule has 0 saturated heterocycles. The molecule has 3 N–H and O–H groups in total. The zero-order valence-electron chi connectivity index (χ0n) is 12.0. The van der Waals surface area contributed by atoms with Gasteiger partial charge in [0.15, 0.2) is 0 Å². The monoisotopic (exact) mass is 292 g/mol. The van der Waals surface area contributed by atoms with Crippen LogP contribution in [0.4, 0.5) is 5.82 Å². The fourth-order valence-corrected chi connectivity index (χ4v) is 2.62. The fourth-order valence-electron chi connectivity index (χ4n) is 1.72. The van der Waals surface area contributed by atoms with Crippen molar-refractivity contribution in [2.45, 2.75) is 19.6 Å². The molecular weight excluding hydrogens is 272 g/mol. The number of thioether (sulfide) groups is 1. The van der Waals surface area contributed by atoms with E-state index in [-0.39, 0.29) is 0 Å². The predicted octanol–water partition coefficient (Wildman–Crippen LogP) is 2.05. The first-order valence-corrected chi connectivity index (χ1v) is 7.65. The van der Waals surface area contributed by atoms with Gasteiger partial charge in [-0.1, -0.05) is 13.8 Å². The maximum atomic E-state index is 5.48. The minimum absolute atomic E-state index is 0.624. The summed E-state index contributed by atoms with van der Waals surface area (Å²) >= 11 is 1.83. The topological polar surface area (TPSA) is 81.6 Å². The molecule has 2 rings (SSSR count). The maximum Gasteiger partial charge on any atom is 0.144 e. The van der Waals surface area contributed by atoms with E-state index >= 15 is 0 Å². The molecule has 0 spiro atoms. The van der Waals surface area contributed by atoms with Gasteiger partial charge in [-0.3, -0.25) is 4.68 Å². The third-order valence-electron chi connectivity index (χ3n) is 2.60. The molecular formula is C13H20N6S. The van der Waals surface area contributed by atoms with Crippen molar-refractivity contribution in [2.24, 2.45) is 18.8 Å². The number of hydrogen-bond donors (Lipinski definition) is 2. The highest BCUT2D eigenvalue weighted by molar-refractivity contribution is 7.98. The van der Waals surface area contributed by atoms with E-state index in [4.69, 9.17) is 5.84 Å². The van der Waals surface area contributed by atoms with Crippen molar-refractivity contribution in [3.63, 3.8) is 0 Å². The van der Waals surface area contributed by atoms with E-state index in [1.165, 1.54) is 0 Å². The van der Waals surface area contributed by atoms with E-state index in [2.05, 4.69) is 34.3 Å². The Balaban J connectivity index is 2.20. The molecule has 0 aliphatic carbocycles. The number of aryl methyl sites for hydroxylation is 1. The van der Waals surface area contributed by atoms with Crippen LogP contribution in [0.1, 0.15) is 19.7 Å². The van der Waals surface area contributed by atoms with Crippen LogP contribution >= 0.6 is 11.8 Å². The van der Waals surface area contributed by atoms with Crippen molar-refractivity contribution in [1.82, 2.24) is 19.7 Å². The van der Waals surface area contributed by atoms with Gasteiger partial charge in [0.25, 0.3) is 0 Å². The average Bonchev–Trinajstić information content (AvgIpc) is 2.84.